The number of aromatic nitrogens is 1. The Hall–Kier alpha value is -3.01. The fraction of sp³-hybridized carbons (Fsp3) is 0.346. The van der Waals surface area contributed by atoms with Gasteiger partial charge in [0.25, 0.3) is 5.91 Å². The molecule has 4 heteroatoms. The van der Waals surface area contributed by atoms with Crippen molar-refractivity contribution in [2.24, 2.45) is 5.73 Å². The Labute approximate surface area is 179 Å². The molecule has 3 rings (SSSR count). The molecule has 3 N–H and O–H groups in total. The fourth-order valence-corrected chi connectivity index (χ4v) is 4.25. The van der Waals surface area contributed by atoms with Crippen LogP contribution < -0.4 is 5.73 Å². The van der Waals surface area contributed by atoms with Crippen LogP contribution in [0.1, 0.15) is 59.1 Å². The number of carbonyl (C=O) groups excluding carboxylic acids is 1. The standard InChI is InChI=1S/C26H32N2O2/c1-4-5-6-11-23-25(22-10-8-7-9-18(22)2)24(26(27)30)19(3)28(23)17-16-20-12-14-21(29)15-13-20/h7-10,12-15,29H,4-6,11,16-17H2,1-3H3,(H2,27,30). The van der Waals surface area contributed by atoms with Gasteiger partial charge in [-0.3, -0.25) is 4.79 Å². The molecule has 1 heterocycles. The van der Waals surface area contributed by atoms with Crippen LogP contribution in [-0.2, 0) is 19.4 Å². The van der Waals surface area contributed by atoms with E-state index in [9.17, 15) is 9.90 Å². The number of hydrogen-bond acceptors (Lipinski definition) is 2. The van der Waals surface area contributed by atoms with Crippen LogP contribution in [0.15, 0.2) is 48.5 Å². The zero-order valence-corrected chi connectivity index (χ0v) is 18.2. The smallest absolute Gasteiger partial charge is 0.251 e. The normalized spacial score (nSPS) is 11.0. The Balaban J connectivity index is 2.09. The number of hydrogen-bond donors (Lipinski definition) is 2. The monoisotopic (exact) mass is 404 g/mol. The summed E-state index contributed by atoms with van der Waals surface area (Å²) in [7, 11) is 0. The number of rotatable bonds is 9. The van der Waals surface area contributed by atoms with Crippen LogP contribution in [0.25, 0.3) is 11.1 Å². The Kier molecular flexibility index (Phi) is 6.99. The first kappa shape index (κ1) is 21.7. The molecule has 3 aromatic rings. The molecule has 1 aromatic heterocycles. The summed E-state index contributed by atoms with van der Waals surface area (Å²) >= 11 is 0. The largest absolute Gasteiger partial charge is 0.508 e. The first-order valence-corrected chi connectivity index (χ1v) is 10.8. The summed E-state index contributed by atoms with van der Waals surface area (Å²) in [6.45, 7) is 7.05. The van der Waals surface area contributed by atoms with Gasteiger partial charge in [-0.05, 0) is 61.9 Å². The Bertz CT molecular complexity index is 1020. The number of amides is 1. The van der Waals surface area contributed by atoms with E-state index < -0.39 is 0 Å². The van der Waals surface area contributed by atoms with E-state index in [0.717, 1.165) is 66.6 Å². The molecule has 0 radical (unpaired) electrons. The number of aryl methyl sites for hydroxylation is 2. The average molecular weight is 405 g/mol. The lowest BCUT2D eigenvalue weighted by atomic mass is 9.94. The lowest BCUT2D eigenvalue weighted by Crippen LogP contribution is -2.14. The highest BCUT2D eigenvalue weighted by Gasteiger charge is 2.25. The molecule has 158 valence electrons. The topological polar surface area (TPSA) is 68.2 Å². The Morgan fingerprint density at radius 1 is 1.00 bits per heavy atom. The number of unbranched alkanes of at least 4 members (excludes halogenated alkanes) is 2. The van der Waals surface area contributed by atoms with Gasteiger partial charge in [-0.25, -0.2) is 0 Å². The number of carbonyl (C=O) groups is 1. The maximum Gasteiger partial charge on any atom is 0.251 e. The summed E-state index contributed by atoms with van der Waals surface area (Å²) in [6.07, 6.45) is 5.12. The van der Waals surface area contributed by atoms with E-state index in [1.165, 1.54) is 5.69 Å². The van der Waals surface area contributed by atoms with Crippen LogP contribution in [0.2, 0.25) is 0 Å². The summed E-state index contributed by atoms with van der Waals surface area (Å²) in [5, 5.41) is 9.55. The van der Waals surface area contributed by atoms with E-state index in [1.807, 2.05) is 31.2 Å². The third-order valence-electron chi connectivity index (χ3n) is 5.87. The van der Waals surface area contributed by atoms with Crippen molar-refractivity contribution in [3.8, 4) is 16.9 Å². The first-order chi connectivity index (χ1) is 14.4. The number of phenolic OH excluding ortho intramolecular Hbond substituents is 1. The van der Waals surface area contributed by atoms with Crippen molar-refractivity contribution in [3.05, 3.63) is 76.6 Å². The average Bonchev–Trinajstić information content (AvgIpc) is 3.00. The molecule has 0 saturated carbocycles. The van der Waals surface area contributed by atoms with Crippen molar-refractivity contribution in [1.29, 1.82) is 0 Å². The molecule has 0 aliphatic rings. The molecule has 30 heavy (non-hydrogen) atoms. The molecular formula is C26H32N2O2. The van der Waals surface area contributed by atoms with Crippen molar-refractivity contribution < 1.29 is 9.90 Å². The van der Waals surface area contributed by atoms with E-state index in [1.54, 1.807) is 12.1 Å². The minimum atomic E-state index is -0.370. The van der Waals surface area contributed by atoms with Crippen LogP contribution in [-0.4, -0.2) is 15.6 Å². The number of benzene rings is 2. The van der Waals surface area contributed by atoms with E-state index in [0.29, 0.717) is 5.56 Å². The number of aromatic hydroxyl groups is 1. The number of nitrogens with zero attached hydrogens (tertiary/aromatic N) is 1. The maximum absolute atomic E-state index is 12.5. The van der Waals surface area contributed by atoms with Crippen molar-refractivity contribution in [2.45, 2.75) is 59.4 Å². The van der Waals surface area contributed by atoms with E-state index >= 15 is 0 Å². The van der Waals surface area contributed by atoms with Crippen LogP contribution in [0, 0.1) is 13.8 Å². The fourth-order valence-electron chi connectivity index (χ4n) is 4.25. The summed E-state index contributed by atoms with van der Waals surface area (Å²) in [4.78, 5) is 12.5. The molecule has 0 unspecified atom stereocenters. The number of primary amides is 1. The molecule has 0 aliphatic carbocycles. The lowest BCUT2D eigenvalue weighted by Gasteiger charge is -2.14. The van der Waals surface area contributed by atoms with Crippen molar-refractivity contribution in [2.75, 3.05) is 0 Å². The second kappa shape index (κ2) is 9.66. The van der Waals surface area contributed by atoms with Gasteiger partial charge in [0, 0.05) is 23.5 Å². The predicted molar refractivity (Wildman–Crippen MR) is 123 cm³/mol. The van der Waals surface area contributed by atoms with Crippen molar-refractivity contribution in [3.63, 3.8) is 0 Å². The zero-order chi connectivity index (χ0) is 21.7. The first-order valence-electron chi connectivity index (χ1n) is 10.8. The summed E-state index contributed by atoms with van der Waals surface area (Å²) in [5.41, 5.74) is 13.0. The van der Waals surface area contributed by atoms with Crippen LogP contribution >= 0.6 is 0 Å². The molecule has 0 saturated heterocycles. The van der Waals surface area contributed by atoms with Gasteiger partial charge in [0.15, 0.2) is 0 Å². The van der Waals surface area contributed by atoms with Gasteiger partial charge in [-0.1, -0.05) is 56.2 Å². The second-order valence-electron chi connectivity index (χ2n) is 7.99. The van der Waals surface area contributed by atoms with Crippen LogP contribution in [0.5, 0.6) is 5.75 Å². The predicted octanol–water partition coefficient (Wildman–Crippen LogP) is 5.55. The van der Waals surface area contributed by atoms with Crippen LogP contribution in [0.4, 0.5) is 0 Å². The highest BCUT2D eigenvalue weighted by Crippen LogP contribution is 2.36. The summed E-state index contributed by atoms with van der Waals surface area (Å²) in [5.74, 6) is -0.0973. The summed E-state index contributed by atoms with van der Waals surface area (Å²) in [6, 6.07) is 15.5. The third kappa shape index (κ3) is 4.59. The van der Waals surface area contributed by atoms with E-state index in [2.05, 4.69) is 30.5 Å². The minimum Gasteiger partial charge on any atom is -0.508 e. The van der Waals surface area contributed by atoms with E-state index in [4.69, 9.17) is 5.73 Å². The maximum atomic E-state index is 12.5. The van der Waals surface area contributed by atoms with Gasteiger partial charge in [0.2, 0.25) is 0 Å². The molecule has 0 fully saturated rings. The lowest BCUT2D eigenvalue weighted by molar-refractivity contribution is 0.1000. The minimum absolute atomic E-state index is 0.272. The Morgan fingerprint density at radius 2 is 1.70 bits per heavy atom. The van der Waals surface area contributed by atoms with Gasteiger partial charge in [-0.2, -0.15) is 0 Å². The van der Waals surface area contributed by atoms with E-state index in [-0.39, 0.29) is 11.7 Å². The van der Waals surface area contributed by atoms with Gasteiger partial charge < -0.3 is 15.4 Å². The highest BCUT2D eigenvalue weighted by atomic mass is 16.3. The molecule has 2 aromatic carbocycles. The molecular weight excluding hydrogens is 372 g/mol. The summed E-state index contributed by atoms with van der Waals surface area (Å²) < 4.78 is 2.28. The van der Waals surface area contributed by atoms with Gasteiger partial charge >= 0.3 is 0 Å². The molecule has 4 nitrogen and oxygen atoms in total. The number of phenols is 1. The second-order valence-corrected chi connectivity index (χ2v) is 7.99. The number of nitrogens with two attached hydrogens (primary N) is 1. The molecule has 0 atom stereocenters. The van der Waals surface area contributed by atoms with Gasteiger partial charge in [0.1, 0.15) is 5.75 Å². The van der Waals surface area contributed by atoms with Gasteiger partial charge in [-0.15, -0.1) is 0 Å². The highest BCUT2D eigenvalue weighted by molar-refractivity contribution is 6.02. The molecule has 0 spiro atoms. The SMILES string of the molecule is CCCCCc1c(-c2ccccc2C)c(C(N)=O)c(C)n1CCc1ccc(O)cc1. The molecule has 1 amide bonds. The molecule has 0 aliphatic heterocycles. The van der Waals surface area contributed by atoms with Crippen LogP contribution in [0.3, 0.4) is 0 Å². The van der Waals surface area contributed by atoms with Crippen molar-refractivity contribution in [1.82, 2.24) is 4.57 Å². The quantitative estimate of drug-likeness (QED) is 0.459. The zero-order valence-electron chi connectivity index (χ0n) is 18.2. The van der Waals surface area contributed by atoms with Gasteiger partial charge in [0.05, 0.1) is 5.56 Å². The van der Waals surface area contributed by atoms with Crippen molar-refractivity contribution >= 4 is 5.91 Å². The molecule has 0 bridgehead atoms. The third-order valence-corrected chi connectivity index (χ3v) is 5.87. The Morgan fingerprint density at radius 3 is 2.33 bits per heavy atom.